The molecule has 20 heavy (non-hydrogen) atoms. The molecule has 1 N–H and O–H groups in total. The lowest BCUT2D eigenvalue weighted by Crippen LogP contribution is -2.40. The summed E-state index contributed by atoms with van der Waals surface area (Å²) in [7, 11) is -1.61. The van der Waals surface area contributed by atoms with E-state index in [4.69, 9.17) is 23.2 Å². The molecular weight excluding hydrogens is 322 g/mol. The van der Waals surface area contributed by atoms with Crippen LogP contribution in [0.25, 0.3) is 0 Å². The molecule has 0 aromatic heterocycles. The van der Waals surface area contributed by atoms with Crippen molar-refractivity contribution >= 4 is 34.0 Å². The number of hydrogen-bond donors (Lipinski definition) is 1. The number of hydrogen-bond acceptors (Lipinski definition) is 2. The van der Waals surface area contributed by atoms with Crippen molar-refractivity contribution in [2.75, 3.05) is 0 Å². The zero-order valence-electron chi connectivity index (χ0n) is 11.1. The van der Waals surface area contributed by atoms with E-state index in [0.717, 1.165) is 5.56 Å². The number of halogens is 3. The van der Waals surface area contributed by atoms with Crippen molar-refractivity contribution in [3.05, 3.63) is 42.5 Å². The molecule has 1 rings (SSSR count). The van der Waals surface area contributed by atoms with Gasteiger partial charge < -0.3 is 5.11 Å². The first-order valence-corrected chi connectivity index (χ1v) is 8.07. The third-order valence-corrected chi connectivity index (χ3v) is 5.10. The van der Waals surface area contributed by atoms with Crippen LogP contribution in [0.4, 0.5) is 4.39 Å². The second kappa shape index (κ2) is 7.55. The van der Waals surface area contributed by atoms with Gasteiger partial charge >= 0.3 is 0 Å². The fourth-order valence-corrected chi connectivity index (χ4v) is 3.70. The van der Waals surface area contributed by atoms with Gasteiger partial charge in [-0.05, 0) is 31.9 Å². The minimum absolute atomic E-state index is 0.274. The average molecular weight is 339 g/mol. The first-order valence-electron chi connectivity index (χ1n) is 6.10. The van der Waals surface area contributed by atoms with Crippen molar-refractivity contribution < 1.29 is 13.7 Å². The van der Waals surface area contributed by atoms with Crippen LogP contribution in [0, 0.1) is 6.92 Å². The predicted molar refractivity (Wildman–Crippen MR) is 82.4 cm³/mol. The number of alkyl halides is 3. The Bertz CT molecular complexity index is 471. The van der Waals surface area contributed by atoms with E-state index in [1.165, 1.54) is 0 Å². The summed E-state index contributed by atoms with van der Waals surface area (Å²) in [4.78, 5) is 0.501. The van der Waals surface area contributed by atoms with E-state index < -0.39 is 26.7 Å². The van der Waals surface area contributed by atoms with Crippen LogP contribution in [0.5, 0.6) is 0 Å². The quantitative estimate of drug-likeness (QED) is 0.604. The summed E-state index contributed by atoms with van der Waals surface area (Å²) >= 11 is 10.6. The van der Waals surface area contributed by atoms with Crippen LogP contribution in [0.15, 0.2) is 41.8 Å². The van der Waals surface area contributed by atoms with Gasteiger partial charge in [0.05, 0.1) is 16.0 Å². The molecule has 3 atom stereocenters. The van der Waals surface area contributed by atoms with Crippen molar-refractivity contribution in [3.63, 3.8) is 0 Å². The molecule has 1 aromatic carbocycles. The summed E-state index contributed by atoms with van der Waals surface area (Å²) in [6.07, 6.45) is 0.612. The zero-order chi connectivity index (χ0) is 15.3. The van der Waals surface area contributed by atoms with E-state index in [2.05, 4.69) is 6.58 Å². The van der Waals surface area contributed by atoms with Crippen LogP contribution in [-0.4, -0.2) is 25.3 Å². The van der Waals surface area contributed by atoms with Crippen molar-refractivity contribution in [2.45, 2.75) is 40.6 Å². The van der Waals surface area contributed by atoms with Crippen LogP contribution in [-0.2, 0) is 10.8 Å². The standard InChI is InChI=1S/C14H17Cl2FO2S/c1-3-4-5-12(13(18)14(15,16)17)20(19)11-8-6-10(2)7-9-11/h3,6-9,12-13,18H,1,4-5H2,2H3/t12-,13+,20?/m0/s1. The molecule has 0 radical (unpaired) electrons. The van der Waals surface area contributed by atoms with Gasteiger partial charge in [-0.3, -0.25) is 4.21 Å². The average Bonchev–Trinajstić information content (AvgIpc) is 2.38. The molecule has 112 valence electrons. The summed E-state index contributed by atoms with van der Waals surface area (Å²) in [6, 6.07) is 6.96. The van der Waals surface area contributed by atoms with Gasteiger partial charge in [0.15, 0.2) is 0 Å². The maximum absolute atomic E-state index is 13.5. The van der Waals surface area contributed by atoms with E-state index in [-0.39, 0.29) is 6.42 Å². The maximum atomic E-state index is 13.5. The molecule has 2 nitrogen and oxygen atoms in total. The summed E-state index contributed by atoms with van der Waals surface area (Å²) in [6.45, 7) is 5.46. The summed E-state index contributed by atoms with van der Waals surface area (Å²) in [5.74, 6) is 0. The smallest absolute Gasteiger partial charge is 0.284 e. The highest BCUT2D eigenvalue weighted by atomic mass is 35.5. The first-order chi connectivity index (χ1) is 9.27. The fraction of sp³-hybridized carbons (Fsp3) is 0.429. The monoisotopic (exact) mass is 338 g/mol. The number of rotatable bonds is 7. The van der Waals surface area contributed by atoms with E-state index in [0.29, 0.717) is 11.3 Å². The van der Waals surface area contributed by atoms with Gasteiger partial charge in [0.2, 0.25) is 0 Å². The third-order valence-electron chi connectivity index (χ3n) is 2.87. The Hall–Kier alpha value is -0.420. The Morgan fingerprint density at radius 2 is 2.00 bits per heavy atom. The minimum atomic E-state index is -2.84. The van der Waals surface area contributed by atoms with Crippen molar-refractivity contribution in [2.24, 2.45) is 0 Å². The highest BCUT2D eigenvalue weighted by molar-refractivity contribution is 7.85. The Kier molecular flexibility index (Phi) is 6.65. The molecule has 0 aliphatic carbocycles. The molecule has 0 saturated carbocycles. The highest BCUT2D eigenvalue weighted by Gasteiger charge is 2.41. The molecule has 0 amide bonds. The Labute approximate surface area is 131 Å². The van der Waals surface area contributed by atoms with Gasteiger partial charge in [-0.2, -0.15) is 0 Å². The second-order valence-corrected chi connectivity index (χ2v) is 7.47. The molecule has 0 spiro atoms. The number of aryl methyl sites for hydroxylation is 1. The highest BCUT2D eigenvalue weighted by Crippen LogP contribution is 2.33. The van der Waals surface area contributed by atoms with E-state index in [9.17, 15) is 13.7 Å². The molecule has 1 aromatic rings. The zero-order valence-corrected chi connectivity index (χ0v) is 13.4. The second-order valence-electron chi connectivity index (χ2n) is 4.50. The largest absolute Gasteiger partial charge is 0.386 e. The van der Waals surface area contributed by atoms with E-state index in [1.807, 2.05) is 6.92 Å². The van der Waals surface area contributed by atoms with Gasteiger partial charge in [-0.25, -0.2) is 4.39 Å². The minimum Gasteiger partial charge on any atom is -0.386 e. The van der Waals surface area contributed by atoms with Gasteiger partial charge in [0, 0.05) is 4.90 Å². The molecule has 0 aliphatic rings. The molecule has 0 fully saturated rings. The Morgan fingerprint density at radius 3 is 2.45 bits per heavy atom. The topological polar surface area (TPSA) is 37.3 Å². The Balaban J connectivity index is 3.00. The molecule has 6 heteroatoms. The number of benzene rings is 1. The lowest BCUT2D eigenvalue weighted by molar-refractivity contribution is 0.0920. The lowest BCUT2D eigenvalue weighted by atomic mass is 10.1. The molecule has 0 aliphatic heterocycles. The first kappa shape index (κ1) is 17.6. The molecule has 0 heterocycles. The summed E-state index contributed by atoms with van der Waals surface area (Å²) in [5, 5.41) is 8.99. The summed E-state index contributed by atoms with van der Waals surface area (Å²) in [5.41, 5.74) is 1.02. The van der Waals surface area contributed by atoms with Crippen LogP contribution in [0.2, 0.25) is 0 Å². The fourth-order valence-electron chi connectivity index (χ4n) is 1.72. The van der Waals surface area contributed by atoms with Crippen molar-refractivity contribution in [3.8, 4) is 0 Å². The van der Waals surface area contributed by atoms with Gasteiger partial charge in [-0.1, -0.05) is 47.0 Å². The maximum Gasteiger partial charge on any atom is 0.284 e. The SMILES string of the molecule is C=CCC[C@@H]([C@@H](O)C(F)(Cl)Cl)S(=O)c1ccc(C)cc1. The molecular formula is C14H17Cl2FO2S. The van der Waals surface area contributed by atoms with Gasteiger partial charge in [0.1, 0.15) is 6.10 Å². The molecule has 1 unspecified atom stereocenters. The van der Waals surface area contributed by atoms with Crippen LogP contribution in [0.3, 0.4) is 0 Å². The number of allylic oxidation sites excluding steroid dienone is 1. The predicted octanol–water partition coefficient (Wildman–Crippen LogP) is 3.90. The van der Waals surface area contributed by atoms with E-state index in [1.54, 1.807) is 30.3 Å². The number of aliphatic hydroxyl groups excluding tert-OH is 1. The van der Waals surface area contributed by atoms with Crippen molar-refractivity contribution in [1.82, 2.24) is 0 Å². The van der Waals surface area contributed by atoms with Gasteiger partial charge in [0.25, 0.3) is 4.59 Å². The normalized spacial score (nSPS) is 16.4. The summed E-state index contributed by atoms with van der Waals surface area (Å²) < 4.78 is 23.2. The van der Waals surface area contributed by atoms with Crippen LogP contribution >= 0.6 is 23.2 Å². The van der Waals surface area contributed by atoms with Gasteiger partial charge in [-0.15, -0.1) is 6.58 Å². The molecule has 0 saturated heterocycles. The van der Waals surface area contributed by atoms with Crippen molar-refractivity contribution in [1.29, 1.82) is 0 Å². The van der Waals surface area contributed by atoms with Crippen LogP contribution in [0.1, 0.15) is 18.4 Å². The molecule has 0 bridgehead atoms. The number of aliphatic hydroxyl groups is 1. The third kappa shape index (κ3) is 4.85. The van der Waals surface area contributed by atoms with Crippen LogP contribution < -0.4 is 0 Å². The Morgan fingerprint density at radius 1 is 1.45 bits per heavy atom. The lowest BCUT2D eigenvalue weighted by Gasteiger charge is -2.26. The van der Waals surface area contributed by atoms with E-state index >= 15 is 0 Å².